The number of carbonyl (C=O) groups excluding carboxylic acids is 1. The summed E-state index contributed by atoms with van der Waals surface area (Å²) in [6, 6.07) is 21.0. The van der Waals surface area contributed by atoms with E-state index in [0.29, 0.717) is 24.7 Å². The van der Waals surface area contributed by atoms with Gasteiger partial charge in [0.2, 0.25) is 0 Å². The lowest BCUT2D eigenvalue weighted by Crippen LogP contribution is -2.20. The monoisotopic (exact) mass is 464 g/mol. The number of hydrogen-bond donors (Lipinski definition) is 2. The van der Waals surface area contributed by atoms with Crippen LogP contribution in [-0.2, 0) is 17.8 Å². The molecule has 0 aliphatic heterocycles. The molecule has 0 aliphatic rings. The molecule has 0 unspecified atom stereocenters. The maximum atomic E-state index is 12.2. The molecule has 0 fully saturated rings. The summed E-state index contributed by atoms with van der Waals surface area (Å²) in [6.45, 7) is 3.81. The zero-order chi connectivity index (χ0) is 24.2. The van der Waals surface area contributed by atoms with E-state index < -0.39 is 0 Å². The number of ether oxygens (including phenoxy) is 4. The first-order valence-electron chi connectivity index (χ1n) is 11.3. The molecular formula is C27H32N2O5. The van der Waals surface area contributed by atoms with Crippen molar-refractivity contribution in [1.82, 2.24) is 5.32 Å². The normalized spacial score (nSPS) is 10.4. The molecule has 180 valence electrons. The van der Waals surface area contributed by atoms with Gasteiger partial charge in [-0.3, -0.25) is 4.79 Å². The molecule has 3 rings (SSSR count). The highest BCUT2D eigenvalue weighted by atomic mass is 16.5. The Hall–Kier alpha value is -3.71. The van der Waals surface area contributed by atoms with E-state index in [1.54, 1.807) is 14.2 Å². The van der Waals surface area contributed by atoms with E-state index in [2.05, 4.69) is 10.6 Å². The van der Waals surface area contributed by atoms with E-state index in [1.165, 1.54) is 0 Å². The van der Waals surface area contributed by atoms with E-state index in [9.17, 15) is 4.79 Å². The molecule has 0 spiro atoms. The van der Waals surface area contributed by atoms with Crippen LogP contribution in [0.15, 0.2) is 66.7 Å². The molecule has 0 bridgehead atoms. The number of carbonyl (C=O) groups is 1. The Morgan fingerprint density at radius 3 is 2.24 bits per heavy atom. The second kappa shape index (κ2) is 13.1. The Kier molecular flexibility index (Phi) is 9.61. The average Bonchev–Trinajstić information content (AvgIpc) is 2.86. The lowest BCUT2D eigenvalue weighted by Gasteiger charge is -2.14. The first-order valence-corrected chi connectivity index (χ1v) is 11.3. The fraction of sp³-hybridized carbons (Fsp3) is 0.296. The molecule has 3 aromatic carbocycles. The molecule has 7 heteroatoms. The Bertz CT molecular complexity index is 1060. The van der Waals surface area contributed by atoms with Crippen LogP contribution < -0.4 is 29.6 Å². The van der Waals surface area contributed by atoms with Gasteiger partial charge < -0.3 is 29.6 Å². The number of methoxy groups -OCH3 is 2. The van der Waals surface area contributed by atoms with Gasteiger partial charge >= 0.3 is 0 Å². The summed E-state index contributed by atoms with van der Waals surface area (Å²) in [5, 5.41) is 6.26. The summed E-state index contributed by atoms with van der Waals surface area (Å²) in [6.07, 6.45) is 0.858. The van der Waals surface area contributed by atoms with Gasteiger partial charge in [0.1, 0.15) is 0 Å². The van der Waals surface area contributed by atoms with Crippen LogP contribution in [0.1, 0.15) is 18.1 Å². The molecular weight excluding hydrogens is 432 g/mol. The van der Waals surface area contributed by atoms with E-state index in [-0.39, 0.29) is 12.5 Å². The Labute approximate surface area is 201 Å². The predicted molar refractivity (Wildman–Crippen MR) is 133 cm³/mol. The van der Waals surface area contributed by atoms with Gasteiger partial charge in [0, 0.05) is 12.2 Å². The van der Waals surface area contributed by atoms with E-state index in [0.717, 1.165) is 41.3 Å². The molecule has 1 amide bonds. The standard InChI is InChI=1S/C27H32N2O5/c1-4-33-26-17-21(18-28-15-14-20-10-12-23(31-2)25(16-20)32-3)11-13-24(26)34-19-27(30)29-22-8-6-5-7-9-22/h5-13,16-17,28H,4,14-15,18-19H2,1-3H3,(H,29,30). The van der Waals surface area contributed by atoms with Crippen LogP contribution in [0.5, 0.6) is 23.0 Å². The van der Waals surface area contributed by atoms with E-state index >= 15 is 0 Å². The van der Waals surface area contributed by atoms with Crippen LogP contribution >= 0.6 is 0 Å². The molecule has 0 heterocycles. The summed E-state index contributed by atoms with van der Waals surface area (Å²) in [5.41, 5.74) is 2.96. The van der Waals surface area contributed by atoms with Gasteiger partial charge in [0.25, 0.3) is 5.91 Å². The Balaban J connectivity index is 1.50. The summed E-state index contributed by atoms with van der Waals surface area (Å²) < 4.78 is 22.1. The fourth-order valence-corrected chi connectivity index (χ4v) is 3.41. The summed E-state index contributed by atoms with van der Waals surface area (Å²) in [5.74, 6) is 2.39. The number of rotatable bonds is 13. The lowest BCUT2D eigenvalue weighted by atomic mass is 10.1. The van der Waals surface area contributed by atoms with Crippen LogP contribution in [-0.4, -0.2) is 39.9 Å². The number of anilines is 1. The minimum Gasteiger partial charge on any atom is -0.493 e. The minimum atomic E-state index is -0.227. The average molecular weight is 465 g/mol. The molecule has 0 saturated heterocycles. The molecule has 0 aromatic heterocycles. The van der Waals surface area contributed by atoms with Crippen molar-refractivity contribution in [1.29, 1.82) is 0 Å². The van der Waals surface area contributed by atoms with Crippen LogP contribution in [0.4, 0.5) is 5.69 Å². The van der Waals surface area contributed by atoms with Crippen molar-refractivity contribution in [3.8, 4) is 23.0 Å². The van der Waals surface area contributed by atoms with Crippen molar-refractivity contribution in [2.45, 2.75) is 19.9 Å². The molecule has 34 heavy (non-hydrogen) atoms. The van der Waals surface area contributed by atoms with Gasteiger partial charge in [-0.05, 0) is 67.4 Å². The van der Waals surface area contributed by atoms with Crippen molar-refractivity contribution >= 4 is 11.6 Å². The van der Waals surface area contributed by atoms with Crippen molar-refractivity contribution < 1.29 is 23.7 Å². The second-order valence-corrected chi connectivity index (χ2v) is 7.53. The third kappa shape index (κ3) is 7.42. The smallest absolute Gasteiger partial charge is 0.262 e. The topological polar surface area (TPSA) is 78.1 Å². The number of nitrogens with one attached hydrogen (secondary N) is 2. The van der Waals surface area contributed by atoms with Gasteiger partial charge in [0.05, 0.1) is 20.8 Å². The van der Waals surface area contributed by atoms with Gasteiger partial charge in [-0.1, -0.05) is 30.3 Å². The molecule has 3 aromatic rings. The Morgan fingerprint density at radius 1 is 0.794 bits per heavy atom. The zero-order valence-corrected chi connectivity index (χ0v) is 19.9. The minimum absolute atomic E-state index is 0.0993. The van der Waals surface area contributed by atoms with Gasteiger partial charge in [-0.2, -0.15) is 0 Å². The SMILES string of the molecule is CCOc1cc(CNCCc2ccc(OC)c(OC)c2)ccc1OCC(=O)Nc1ccccc1. The molecule has 0 saturated carbocycles. The zero-order valence-electron chi connectivity index (χ0n) is 19.9. The predicted octanol–water partition coefficient (Wildman–Crippen LogP) is 4.45. The molecule has 0 radical (unpaired) electrons. The molecule has 0 aliphatic carbocycles. The van der Waals surface area contributed by atoms with Crippen molar-refractivity contribution in [2.24, 2.45) is 0 Å². The van der Waals surface area contributed by atoms with Crippen LogP contribution in [0.25, 0.3) is 0 Å². The number of hydrogen-bond acceptors (Lipinski definition) is 6. The van der Waals surface area contributed by atoms with Crippen molar-refractivity contribution in [3.63, 3.8) is 0 Å². The summed E-state index contributed by atoms with van der Waals surface area (Å²) in [7, 11) is 3.27. The molecule has 2 N–H and O–H groups in total. The second-order valence-electron chi connectivity index (χ2n) is 7.53. The third-order valence-electron chi connectivity index (χ3n) is 5.09. The fourth-order valence-electron chi connectivity index (χ4n) is 3.41. The van der Waals surface area contributed by atoms with Crippen molar-refractivity contribution in [2.75, 3.05) is 39.3 Å². The van der Waals surface area contributed by atoms with Crippen LogP contribution in [0, 0.1) is 0 Å². The highest BCUT2D eigenvalue weighted by Gasteiger charge is 2.10. The summed E-state index contributed by atoms with van der Waals surface area (Å²) >= 11 is 0. The quantitative estimate of drug-likeness (QED) is 0.364. The van der Waals surface area contributed by atoms with Crippen LogP contribution in [0.3, 0.4) is 0 Å². The lowest BCUT2D eigenvalue weighted by molar-refractivity contribution is -0.118. The number of para-hydroxylation sites is 1. The number of benzene rings is 3. The summed E-state index contributed by atoms with van der Waals surface area (Å²) in [4.78, 5) is 12.2. The highest BCUT2D eigenvalue weighted by Crippen LogP contribution is 2.29. The molecule has 0 atom stereocenters. The van der Waals surface area contributed by atoms with Gasteiger partial charge in [0.15, 0.2) is 29.6 Å². The Morgan fingerprint density at radius 2 is 1.50 bits per heavy atom. The van der Waals surface area contributed by atoms with E-state index in [1.807, 2.05) is 73.7 Å². The maximum Gasteiger partial charge on any atom is 0.262 e. The van der Waals surface area contributed by atoms with Gasteiger partial charge in [-0.15, -0.1) is 0 Å². The largest absolute Gasteiger partial charge is 0.493 e. The van der Waals surface area contributed by atoms with E-state index in [4.69, 9.17) is 18.9 Å². The first kappa shape index (κ1) is 24.9. The molecule has 7 nitrogen and oxygen atoms in total. The van der Waals surface area contributed by atoms with Crippen molar-refractivity contribution in [3.05, 3.63) is 77.9 Å². The van der Waals surface area contributed by atoms with Gasteiger partial charge in [-0.25, -0.2) is 0 Å². The first-order chi connectivity index (χ1) is 16.6. The number of amides is 1. The third-order valence-corrected chi connectivity index (χ3v) is 5.09. The highest BCUT2D eigenvalue weighted by molar-refractivity contribution is 5.91. The van der Waals surface area contributed by atoms with Crippen LogP contribution in [0.2, 0.25) is 0 Å². The maximum absolute atomic E-state index is 12.2.